The summed E-state index contributed by atoms with van der Waals surface area (Å²) in [4.78, 5) is 21.9. The van der Waals surface area contributed by atoms with Crippen LogP contribution in [0, 0.1) is 0 Å². The predicted octanol–water partition coefficient (Wildman–Crippen LogP) is 4.40. The Morgan fingerprint density at radius 1 is 1.21 bits per heavy atom. The van der Waals surface area contributed by atoms with E-state index in [1.165, 1.54) is 10.9 Å². The van der Waals surface area contributed by atoms with Crippen LogP contribution in [0.3, 0.4) is 0 Å². The number of aromatic amines is 1. The predicted molar refractivity (Wildman–Crippen MR) is 100 cm³/mol. The van der Waals surface area contributed by atoms with Gasteiger partial charge < -0.3 is 9.88 Å². The van der Waals surface area contributed by atoms with Crippen LogP contribution in [0.25, 0.3) is 10.9 Å². The summed E-state index contributed by atoms with van der Waals surface area (Å²) in [7, 11) is 0. The Kier molecular flexibility index (Phi) is 5.00. The van der Waals surface area contributed by atoms with E-state index in [-0.39, 0.29) is 5.91 Å². The number of carbonyl (C=O) groups is 1. The van der Waals surface area contributed by atoms with Gasteiger partial charge in [-0.1, -0.05) is 22.0 Å². The van der Waals surface area contributed by atoms with E-state index in [1.807, 2.05) is 44.3 Å². The molecule has 3 aromatic rings. The van der Waals surface area contributed by atoms with Gasteiger partial charge in [-0.3, -0.25) is 9.78 Å². The molecule has 2 heterocycles. The van der Waals surface area contributed by atoms with Gasteiger partial charge in [-0.05, 0) is 43.7 Å². The molecule has 0 aliphatic rings. The molecule has 2 aromatic heterocycles. The summed E-state index contributed by atoms with van der Waals surface area (Å²) < 4.78 is 1.07. The number of nitrogens with one attached hydrogen (secondary N) is 1. The van der Waals surface area contributed by atoms with E-state index >= 15 is 0 Å². The van der Waals surface area contributed by atoms with Gasteiger partial charge in [-0.2, -0.15) is 0 Å². The van der Waals surface area contributed by atoms with Gasteiger partial charge in [0.15, 0.2) is 0 Å². The number of hydrogen-bond donors (Lipinski definition) is 1. The van der Waals surface area contributed by atoms with Crippen LogP contribution >= 0.6 is 15.9 Å². The summed E-state index contributed by atoms with van der Waals surface area (Å²) >= 11 is 3.61. The minimum absolute atomic E-state index is 0.0360. The smallest absolute Gasteiger partial charge is 0.255 e. The highest BCUT2D eigenvalue weighted by molar-refractivity contribution is 9.10. The molecule has 24 heavy (non-hydrogen) atoms. The monoisotopic (exact) mass is 385 g/mol. The number of pyridine rings is 1. The molecule has 1 N–H and O–H groups in total. The molecule has 0 radical (unpaired) electrons. The van der Waals surface area contributed by atoms with Crippen LogP contribution in [0.4, 0.5) is 0 Å². The first-order valence-electron chi connectivity index (χ1n) is 8.12. The number of carbonyl (C=O) groups excluding carboxylic acids is 1. The fraction of sp³-hybridized carbons (Fsp3) is 0.263. The number of amides is 1. The molecule has 0 fully saturated rings. The van der Waals surface area contributed by atoms with Gasteiger partial charge in [0, 0.05) is 53.0 Å². The van der Waals surface area contributed by atoms with Gasteiger partial charge in [0.2, 0.25) is 0 Å². The highest BCUT2D eigenvalue weighted by atomic mass is 79.9. The highest BCUT2D eigenvalue weighted by Gasteiger charge is 2.13. The third kappa shape index (κ3) is 3.22. The lowest BCUT2D eigenvalue weighted by atomic mass is 10.1. The van der Waals surface area contributed by atoms with Crippen LogP contribution in [0.2, 0.25) is 0 Å². The van der Waals surface area contributed by atoms with Crippen LogP contribution in [0.1, 0.15) is 35.5 Å². The highest BCUT2D eigenvalue weighted by Crippen LogP contribution is 2.28. The number of halogens is 1. The number of nitrogens with zero attached hydrogens (tertiary/aromatic N) is 2. The topological polar surface area (TPSA) is 49.0 Å². The lowest BCUT2D eigenvalue weighted by Crippen LogP contribution is -2.30. The second-order valence-electron chi connectivity index (χ2n) is 5.67. The maximum atomic E-state index is 12.3. The molecule has 4 nitrogen and oxygen atoms in total. The van der Waals surface area contributed by atoms with Crippen molar-refractivity contribution in [2.75, 3.05) is 13.1 Å². The first-order valence-corrected chi connectivity index (χ1v) is 8.92. The first-order chi connectivity index (χ1) is 11.6. The standard InChI is InChI=1S/C19H20BrN3O/c1-3-23(4-2)19(24)13-8-9-15(21-11-13)10-14-12-22-17-7-5-6-16(20)18(14)17/h5-9,11-12,22H,3-4,10H2,1-2H3. The Bertz CT molecular complexity index is 851. The molecule has 0 saturated heterocycles. The van der Waals surface area contributed by atoms with E-state index in [4.69, 9.17) is 0 Å². The van der Waals surface area contributed by atoms with Gasteiger partial charge >= 0.3 is 0 Å². The SMILES string of the molecule is CCN(CC)C(=O)c1ccc(Cc2c[nH]c3cccc(Br)c23)nc1. The largest absolute Gasteiger partial charge is 0.361 e. The molecule has 0 unspecified atom stereocenters. The van der Waals surface area contributed by atoms with Gasteiger partial charge in [0.25, 0.3) is 5.91 Å². The van der Waals surface area contributed by atoms with Gasteiger partial charge in [-0.15, -0.1) is 0 Å². The molecule has 5 heteroatoms. The van der Waals surface area contributed by atoms with E-state index in [9.17, 15) is 4.79 Å². The number of aromatic nitrogens is 2. The molecule has 1 amide bonds. The van der Waals surface area contributed by atoms with Gasteiger partial charge in [0.1, 0.15) is 0 Å². The number of rotatable bonds is 5. The summed E-state index contributed by atoms with van der Waals surface area (Å²) in [5.41, 5.74) is 3.88. The summed E-state index contributed by atoms with van der Waals surface area (Å²) in [6.45, 7) is 5.39. The molecule has 0 aliphatic carbocycles. The van der Waals surface area contributed by atoms with E-state index in [0.717, 1.165) is 22.1 Å². The van der Waals surface area contributed by atoms with E-state index in [0.29, 0.717) is 18.7 Å². The van der Waals surface area contributed by atoms with Crippen molar-refractivity contribution >= 4 is 32.7 Å². The molecule has 3 rings (SSSR count). The molecule has 124 valence electrons. The van der Waals surface area contributed by atoms with Crippen LogP contribution in [0.5, 0.6) is 0 Å². The fourth-order valence-corrected chi connectivity index (χ4v) is 3.51. The molecule has 0 saturated carbocycles. The van der Waals surface area contributed by atoms with Crippen molar-refractivity contribution in [2.24, 2.45) is 0 Å². The zero-order valence-corrected chi connectivity index (χ0v) is 15.4. The van der Waals surface area contributed by atoms with Crippen molar-refractivity contribution < 1.29 is 4.79 Å². The van der Waals surface area contributed by atoms with E-state index in [1.54, 1.807) is 11.1 Å². The third-order valence-electron chi connectivity index (χ3n) is 4.23. The van der Waals surface area contributed by atoms with Crippen LogP contribution in [0.15, 0.2) is 47.2 Å². The van der Waals surface area contributed by atoms with Crippen LogP contribution < -0.4 is 0 Å². The molecule has 1 aromatic carbocycles. The van der Waals surface area contributed by atoms with Gasteiger partial charge in [0.05, 0.1) is 5.56 Å². The lowest BCUT2D eigenvalue weighted by molar-refractivity contribution is 0.0772. The summed E-state index contributed by atoms with van der Waals surface area (Å²) in [5, 5.41) is 1.18. The van der Waals surface area contributed by atoms with Gasteiger partial charge in [-0.25, -0.2) is 0 Å². The van der Waals surface area contributed by atoms with Crippen molar-refractivity contribution in [3.8, 4) is 0 Å². The number of fused-ring (bicyclic) bond motifs is 1. The number of benzene rings is 1. The van der Waals surface area contributed by atoms with E-state index in [2.05, 4.69) is 32.0 Å². The molecular formula is C19H20BrN3O. The summed E-state index contributed by atoms with van der Waals surface area (Å²) in [5.74, 6) is 0.0360. The van der Waals surface area contributed by atoms with E-state index < -0.39 is 0 Å². The van der Waals surface area contributed by atoms with Crippen molar-refractivity contribution in [3.05, 3.63) is 64.0 Å². The lowest BCUT2D eigenvalue weighted by Gasteiger charge is -2.18. The molecular weight excluding hydrogens is 366 g/mol. The maximum Gasteiger partial charge on any atom is 0.255 e. The average molecular weight is 386 g/mol. The Morgan fingerprint density at radius 3 is 2.67 bits per heavy atom. The summed E-state index contributed by atoms with van der Waals surface area (Å²) in [6, 6.07) is 9.92. The van der Waals surface area contributed by atoms with Crippen molar-refractivity contribution in [2.45, 2.75) is 20.3 Å². The van der Waals surface area contributed by atoms with Crippen molar-refractivity contribution in [1.82, 2.24) is 14.9 Å². The zero-order valence-electron chi connectivity index (χ0n) is 13.8. The molecule has 0 atom stereocenters. The third-order valence-corrected chi connectivity index (χ3v) is 4.89. The Hall–Kier alpha value is -2.14. The Balaban J connectivity index is 1.82. The first kappa shape index (κ1) is 16.7. The summed E-state index contributed by atoms with van der Waals surface area (Å²) in [6.07, 6.45) is 4.42. The molecule has 0 aliphatic heterocycles. The maximum absolute atomic E-state index is 12.3. The minimum atomic E-state index is 0.0360. The quantitative estimate of drug-likeness (QED) is 0.707. The molecule has 0 bridgehead atoms. The normalized spacial score (nSPS) is 11.0. The fourth-order valence-electron chi connectivity index (χ4n) is 2.89. The molecule has 0 spiro atoms. The minimum Gasteiger partial charge on any atom is -0.361 e. The Morgan fingerprint density at radius 2 is 2.00 bits per heavy atom. The van der Waals surface area contributed by atoms with Crippen molar-refractivity contribution in [3.63, 3.8) is 0 Å². The van der Waals surface area contributed by atoms with Crippen LogP contribution in [-0.2, 0) is 6.42 Å². The average Bonchev–Trinajstić information content (AvgIpc) is 3.01. The zero-order chi connectivity index (χ0) is 17.1. The van der Waals surface area contributed by atoms with Crippen LogP contribution in [-0.4, -0.2) is 33.9 Å². The van der Waals surface area contributed by atoms with Crippen molar-refractivity contribution in [1.29, 1.82) is 0 Å². The second-order valence-corrected chi connectivity index (χ2v) is 6.52. The number of H-pyrrole nitrogens is 1. The Labute approximate surface area is 150 Å². The second kappa shape index (κ2) is 7.18. The number of hydrogen-bond acceptors (Lipinski definition) is 2.